The predicted octanol–water partition coefficient (Wildman–Crippen LogP) is 24.1. The molecule has 476 valence electrons. The van der Waals surface area contributed by atoms with Crippen LogP contribution in [0.25, 0.3) is 187 Å². The molecule has 0 radical (unpaired) electrons. The highest BCUT2D eigenvalue weighted by molar-refractivity contribution is 6.28. The van der Waals surface area contributed by atoms with Crippen molar-refractivity contribution < 1.29 is 0 Å². The number of hydrogen-bond donors (Lipinski definition) is 0. The van der Waals surface area contributed by atoms with Crippen molar-refractivity contribution in [3.05, 3.63) is 365 Å². The summed E-state index contributed by atoms with van der Waals surface area (Å²) in [6, 6.07) is 123. The van der Waals surface area contributed by atoms with Crippen molar-refractivity contribution in [3.8, 4) is 56.4 Å². The zero-order valence-electron chi connectivity index (χ0n) is 55.2. The average Bonchev–Trinajstić information content (AvgIpc) is 1.55. The van der Waals surface area contributed by atoms with Gasteiger partial charge in [-0.15, -0.1) is 0 Å². The van der Waals surface area contributed by atoms with Gasteiger partial charge in [0.05, 0.1) is 72.4 Å². The summed E-state index contributed by atoms with van der Waals surface area (Å²) < 4.78 is 14.5. The minimum atomic E-state index is 1.10. The summed E-state index contributed by atoms with van der Waals surface area (Å²) in [5.41, 5.74) is 25.8. The molecule has 0 fully saturated rings. The number of pyridine rings is 2. The van der Waals surface area contributed by atoms with E-state index in [9.17, 15) is 0 Å². The molecule has 22 aromatic rings. The van der Waals surface area contributed by atoms with Gasteiger partial charge in [0.2, 0.25) is 0 Å². The number of aromatic nitrogens is 8. The van der Waals surface area contributed by atoms with Crippen LogP contribution in [-0.4, -0.2) is 37.4 Å². The van der Waals surface area contributed by atoms with Gasteiger partial charge < -0.3 is 27.4 Å². The van der Waals surface area contributed by atoms with E-state index in [-0.39, 0.29) is 0 Å². The zero-order valence-corrected chi connectivity index (χ0v) is 55.2. The van der Waals surface area contributed by atoms with Crippen LogP contribution in [-0.2, 0) is 0 Å². The molecule has 0 aliphatic rings. The highest BCUT2D eigenvalue weighted by Crippen LogP contribution is 2.46. The summed E-state index contributed by atoms with van der Waals surface area (Å²) in [7, 11) is 0. The average molecular weight is 1300 g/mol. The van der Waals surface area contributed by atoms with Gasteiger partial charge in [0.1, 0.15) is 0 Å². The van der Waals surface area contributed by atoms with Gasteiger partial charge in [-0.05, 0) is 156 Å². The summed E-state index contributed by atoms with van der Waals surface area (Å²) in [6.45, 7) is 0. The molecule has 0 spiro atoms. The third kappa shape index (κ3) is 8.69. The summed E-state index contributed by atoms with van der Waals surface area (Å²) in [5, 5.41) is 14.7. The molecule has 0 N–H and O–H groups in total. The molecule has 0 amide bonds. The normalized spacial score (nSPS) is 11.9. The first-order chi connectivity index (χ1) is 50.7. The second kappa shape index (κ2) is 22.9. The maximum Gasteiger partial charge on any atom is 0.0724 e. The van der Waals surface area contributed by atoms with Gasteiger partial charge in [-0.3, -0.25) is 9.97 Å². The summed E-state index contributed by atoms with van der Waals surface area (Å²) in [4.78, 5) is 9.10. The van der Waals surface area contributed by atoms with Crippen LogP contribution in [0.1, 0.15) is 0 Å². The Hall–Kier alpha value is -13.8. The molecular weight excluding hydrogens is 1240 g/mol. The van der Waals surface area contributed by atoms with Crippen molar-refractivity contribution >= 4 is 131 Å². The van der Waals surface area contributed by atoms with Gasteiger partial charge >= 0.3 is 0 Å². The zero-order chi connectivity index (χ0) is 66.9. The molecule has 0 saturated carbocycles. The van der Waals surface area contributed by atoms with Crippen molar-refractivity contribution in [2.45, 2.75) is 0 Å². The lowest BCUT2D eigenvalue weighted by Crippen LogP contribution is -1.96. The first-order valence-electron chi connectivity index (χ1n) is 34.8. The van der Waals surface area contributed by atoms with E-state index in [2.05, 4.69) is 377 Å². The van der Waals surface area contributed by atoms with Crippen LogP contribution in [0.2, 0.25) is 0 Å². The molecule has 0 unspecified atom stereocenters. The first-order valence-corrected chi connectivity index (χ1v) is 34.8. The van der Waals surface area contributed by atoms with E-state index in [0.29, 0.717) is 0 Å². The van der Waals surface area contributed by atoms with Crippen LogP contribution < -0.4 is 0 Å². The molecular formula is C94H60N8. The van der Waals surface area contributed by atoms with E-state index in [4.69, 9.17) is 0 Å². The van der Waals surface area contributed by atoms with E-state index >= 15 is 0 Å². The molecule has 0 saturated heterocycles. The Bertz CT molecular complexity index is 6650. The third-order valence-corrected chi connectivity index (χ3v) is 21.1. The number of para-hydroxylation sites is 6. The Morgan fingerprint density at radius 1 is 0.167 bits per heavy atom. The van der Waals surface area contributed by atoms with E-state index in [0.717, 1.165) is 61.6 Å². The number of nitrogens with zero attached hydrogens (tertiary/aromatic N) is 8. The lowest BCUT2D eigenvalue weighted by atomic mass is 10.1. The van der Waals surface area contributed by atoms with Crippen molar-refractivity contribution in [1.82, 2.24) is 37.4 Å². The number of benzene rings is 14. The largest absolute Gasteiger partial charge is 0.309 e. The van der Waals surface area contributed by atoms with E-state index in [1.807, 2.05) is 24.8 Å². The molecule has 102 heavy (non-hydrogen) atoms. The van der Waals surface area contributed by atoms with Gasteiger partial charge in [0.25, 0.3) is 0 Å². The minimum Gasteiger partial charge on any atom is -0.309 e. The Kier molecular flexibility index (Phi) is 12.9. The SMILES string of the molecule is c1ccc(-c2ccc(-n3c4ccccc4c4c3ccc3c5ccccc5n(-c5ccc6c(c5)c5ccncc5n6-c5ccccc5)c34)cc2)cc1.c1ccc(-c2ccc(-n3c4ccccc4c4c3ccc3c5ccccc5n(-c5ccc6c(c5)c5cnccc5n6-c5ccccc5)c34)cc2)cc1. The van der Waals surface area contributed by atoms with Crippen molar-refractivity contribution in [2.24, 2.45) is 0 Å². The first kappa shape index (κ1) is 57.3. The summed E-state index contributed by atoms with van der Waals surface area (Å²) in [5.74, 6) is 0. The van der Waals surface area contributed by atoms with Gasteiger partial charge in [0, 0.05) is 117 Å². The fourth-order valence-electron chi connectivity index (χ4n) is 16.7. The summed E-state index contributed by atoms with van der Waals surface area (Å²) >= 11 is 0. The minimum absolute atomic E-state index is 1.10. The standard InChI is InChI=1S/2C47H30N4/c1-3-11-31(12-4-1)32-19-21-34(22-20-32)49-42-18-10-8-16-39(42)46-44(49)26-24-38-36-15-7-9-17-41(36)51(47(38)46)35-23-25-43-40(29-35)37-27-28-48-30-45(37)50(43)33-13-5-2-6-14-33;1-3-11-31(12-4-1)32-19-21-34(22-20-32)50-42-18-10-8-16-38(42)46-45(50)26-24-37-36-15-7-9-17-41(36)51(47(37)46)35-23-25-43-39(29-35)40-30-48-28-27-44(40)49(43)33-13-5-2-6-14-33/h2*1-30H. The van der Waals surface area contributed by atoms with Crippen molar-refractivity contribution in [2.75, 3.05) is 0 Å². The Morgan fingerprint density at radius 2 is 0.480 bits per heavy atom. The third-order valence-electron chi connectivity index (χ3n) is 21.1. The van der Waals surface area contributed by atoms with Crippen LogP contribution in [0, 0.1) is 0 Å². The number of fused-ring (bicyclic) bond motifs is 20. The monoisotopic (exact) mass is 1300 g/mol. The lowest BCUT2D eigenvalue weighted by molar-refractivity contribution is 1.16. The highest BCUT2D eigenvalue weighted by atomic mass is 15.0. The van der Waals surface area contributed by atoms with Crippen LogP contribution in [0.5, 0.6) is 0 Å². The van der Waals surface area contributed by atoms with Crippen molar-refractivity contribution in [1.29, 1.82) is 0 Å². The maximum absolute atomic E-state index is 4.57. The van der Waals surface area contributed by atoms with E-state index < -0.39 is 0 Å². The van der Waals surface area contributed by atoms with Gasteiger partial charge in [0.15, 0.2) is 0 Å². The molecule has 8 aromatic heterocycles. The molecule has 0 atom stereocenters. The molecule has 0 aliphatic heterocycles. The highest BCUT2D eigenvalue weighted by Gasteiger charge is 2.25. The quantitative estimate of drug-likeness (QED) is 0.152. The number of hydrogen-bond acceptors (Lipinski definition) is 2. The second-order valence-corrected chi connectivity index (χ2v) is 26.5. The summed E-state index contributed by atoms with van der Waals surface area (Å²) in [6.07, 6.45) is 7.76. The Labute approximate surface area is 585 Å². The van der Waals surface area contributed by atoms with Crippen LogP contribution >= 0.6 is 0 Å². The molecule has 14 aromatic carbocycles. The Balaban J connectivity index is 0.000000133. The molecule has 0 bridgehead atoms. The topological polar surface area (TPSA) is 55.4 Å². The number of rotatable bonds is 8. The second-order valence-electron chi connectivity index (χ2n) is 26.5. The molecule has 0 aliphatic carbocycles. The van der Waals surface area contributed by atoms with Gasteiger partial charge in [-0.2, -0.15) is 0 Å². The van der Waals surface area contributed by atoms with Crippen LogP contribution in [0.4, 0.5) is 0 Å². The van der Waals surface area contributed by atoms with Crippen molar-refractivity contribution in [3.63, 3.8) is 0 Å². The van der Waals surface area contributed by atoms with Gasteiger partial charge in [-0.1, -0.05) is 206 Å². The van der Waals surface area contributed by atoms with E-state index in [1.165, 1.54) is 126 Å². The fourth-order valence-corrected chi connectivity index (χ4v) is 16.7. The predicted molar refractivity (Wildman–Crippen MR) is 425 cm³/mol. The Morgan fingerprint density at radius 3 is 0.961 bits per heavy atom. The van der Waals surface area contributed by atoms with Crippen LogP contribution in [0.15, 0.2) is 365 Å². The lowest BCUT2D eigenvalue weighted by Gasteiger charge is -2.12. The molecule has 22 rings (SSSR count). The molecule has 8 nitrogen and oxygen atoms in total. The van der Waals surface area contributed by atoms with Gasteiger partial charge in [-0.25, -0.2) is 0 Å². The van der Waals surface area contributed by atoms with E-state index in [1.54, 1.807) is 0 Å². The fraction of sp³-hybridized carbons (Fsp3) is 0. The molecule has 8 heterocycles. The smallest absolute Gasteiger partial charge is 0.0724 e. The molecule has 8 heteroatoms. The maximum atomic E-state index is 4.57. The van der Waals surface area contributed by atoms with Crippen LogP contribution in [0.3, 0.4) is 0 Å².